The van der Waals surface area contributed by atoms with Gasteiger partial charge in [-0.25, -0.2) is 14.8 Å². The van der Waals surface area contributed by atoms with Crippen molar-refractivity contribution in [2.75, 3.05) is 6.61 Å². The summed E-state index contributed by atoms with van der Waals surface area (Å²) in [6, 6.07) is 8.88. The molecule has 1 fully saturated rings. The second kappa shape index (κ2) is 9.36. The number of hydrogen-bond donors (Lipinski definition) is 0. The Morgan fingerprint density at radius 2 is 1.87 bits per heavy atom. The largest absolute Gasteiger partial charge is 0.444 e. The van der Waals surface area contributed by atoms with Crippen molar-refractivity contribution in [2.24, 2.45) is 0 Å². The molecule has 1 aliphatic heterocycles. The molecule has 2 heterocycles. The summed E-state index contributed by atoms with van der Waals surface area (Å²) in [7, 11) is 0. The predicted octanol–water partition coefficient (Wildman–Crippen LogP) is 4.85. The van der Waals surface area contributed by atoms with E-state index in [9.17, 15) is 9.59 Å². The third kappa shape index (κ3) is 6.04. The van der Waals surface area contributed by atoms with Crippen molar-refractivity contribution in [1.82, 2.24) is 14.9 Å². The van der Waals surface area contributed by atoms with Crippen LogP contribution in [0.2, 0.25) is 0 Å². The molecule has 0 unspecified atom stereocenters. The van der Waals surface area contributed by atoms with Crippen LogP contribution in [0, 0.1) is 0 Å². The van der Waals surface area contributed by atoms with Gasteiger partial charge in [0.1, 0.15) is 17.7 Å². The molecule has 1 amide bonds. The summed E-state index contributed by atoms with van der Waals surface area (Å²) in [5.41, 5.74) is 0.0242. The van der Waals surface area contributed by atoms with Crippen LogP contribution in [-0.2, 0) is 9.47 Å². The van der Waals surface area contributed by atoms with E-state index in [2.05, 4.69) is 9.97 Å². The van der Waals surface area contributed by atoms with Crippen LogP contribution in [0.1, 0.15) is 62.2 Å². The first-order chi connectivity index (χ1) is 14.6. The zero-order valence-corrected chi connectivity index (χ0v) is 19.4. The lowest BCUT2D eigenvalue weighted by molar-refractivity contribution is -0.0626. The monoisotopic (exact) mass is 443 g/mol. The molecular formula is C23H29N3O4S. The van der Waals surface area contributed by atoms with Crippen LogP contribution >= 0.6 is 11.8 Å². The molecule has 0 radical (unpaired) electrons. The second-order valence-corrected chi connectivity index (χ2v) is 10.1. The Kier molecular flexibility index (Phi) is 7.01. The Morgan fingerprint density at radius 1 is 1.23 bits per heavy atom. The maximum Gasteiger partial charge on any atom is 0.412 e. The summed E-state index contributed by atoms with van der Waals surface area (Å²) < 4.78 is 11.6. The SMILES string of the molecule is CC(C)(C)OC(=O)N1[C@@H](C[C@@H](SC(=O)c2ccccc2)c2cncnc2)COC1(C)C. The van der Waals surface area contributed by atoms with Gasteiger partial charge in [-0.2, -0.15) is 0 Å². The van der Waals surface area contributed by atoms with Gasteiger partial charge in [0, 0.05) is 28.8 Å². The highest BCUT2D eigenvalue weighted by Crippen LogP contribution is 2.40. The Hall–Kier alpha value is -2.45. The molecule has 7 nitrogen and oxygen atoms in total. The molecule has 3 rings (SSSR count). The van der Waals surface area contributed by atoms with E-state index < -0.39 is 17.4 Å². The molecule has 166 valence electrons. The van der Waals surface area contributed by atoms with Gasteiger partial charge in [0.2, 0.25) is 5.12 Å². The van der Waals surface area contributed by atoms with E-state index in [-0.39, 0.29) is 16.4 Å². The van der Waals surface area contributed by atoms with Crippen LogP contribution in [0.5, 0.6) is 0 Å². The van der Waals surface area contributed by atoms with Crippen LogP contribution in [-0.4, -0.2) is 50.1 Å². The number of carbonyl (C=O) groups excluding carboxylic acids is 2. The van der Waals surface area contributed by atoms with Crippen LogP contribution in [0.25, 0.3) is 0 Å². The average molecular weight is 444 g/mol. The third-order valence-corrected chi connectivity index (χ3v) is 6.06. The third-order valence-electron chi connectivity index (χ3n) is 4.86. The van der Waals surface area contributed by atoms with Gasteiger partial charge in [-0.05, 0) is 41.0 Å². The van der Waals surface area contributed by atoms with E-state index in [4.69, 9.17) is 9.47 Å². The van der Waals surface area contributed by atoms with Crippen LogP contribution in [0.15, 0.2) is 49.1 Å². The first kappa shape index (κ1) is 23.2. The average Bonchev–Trinajstić information content (AvgIpc) is 3.01. The van der Waals surface area contributed by atoms with E-state index in [1.807, 2.05) is 52.8 Å². The van der Waals surface area contributed by atoms with Gasteiger partial charge in [-0.15, -0.1) is 0 Å². The van der Waals surface area contributed by atoms with Crippen molar-refractivity contribution < 1.29 is 19.1 Å². The minimum atomic E-state index is -0.807. The Morgan fingerprint density at radius 3 is 2.48 bits per heavy atom. The van der Waals surface area contributed by atoms with Gasteiger partial charge in [-0.3, -0.25) is 9.69 Å². The molecule has 8 heteroatoms. The van der Waals surface area contributed by atoms with Gasteiger partial charge < -0.3 is 9.47 Å². The molecule has 0 aliphatic carbocycles. The van der Waals surface area contributed by atoms with Crippen LogP contribution in [0.3, 0.4) is 0 Å². The standard InChI is InChI=1S/C23H29N3O4S/c1-22(2,3)30-21(28)26-18(14-29-23(26,4)5)11-19(17-12-24-15-25-13-17)31-20(27)16-9-7-6-8-10-16/h6-10,12-13,15,18-19H,11,14H2,1-5H3/t18-,19+/m0/s1. The van der Waals surface area contributed by atoms with E-state index in [0.717, 1.165) is 5.56 Å². The predicted molar refractivity (Wildman–Crippen MR) is 120 cm³/mol. The number of rotatable bonds is 5. The highest BCUT2D eigenvalue weighted by Gasteiger charge is 2.46. The number of carbonyl (C=O) groups is 2. The number of aromatic nitrogens is 2. The summed E-state index contributed by atoms with van der Waals surface area (Å²) in [5.74, 6) is 0. The normalized spacial score (nSPS) is 19.1. The fraction of sp³-hybridized carbons (Fsp3) is 0.478. The first-order valence-corrected chi connectivity index (χ1v) is 11.1. The maximum absolute atomic E-state index is 13.0. The van der Waals surface area contributed by atoms with Crippen molar-refractivity contribution in [3.05, 3.63) is 60.2 Å². The fourth-order valence-electron chi connectivity index (χ4n) is 3.49. The molecule has 1 aliphatic rings. The first-order valence-electron chi connectivity index (χ1n) is 10.2. The molecule has 31 heavy (non-hydrogen) atoms. The van der Waals surface area contributed by atoms with Crippen molar-refractivity contribution in [3.8, 4) is 0 Å². The molecule has 2 aromatic rings. The highest BCUT2D eigenvalue weighted by atomic mass is 32.2. The lowest BCUT2D eigenvalue weighted by Gasteiger charge is -2.36. The summed E-state index contributed by atoms with van der Waals surface area (Å²) >= 11 is 1.21. The molecule has 0 saturated carbocycles. The highest BCUT2D eigenvalue weighted by molar-refractivity contribution is 8.14. The lowest BCUT2D eigenvalue weighted by Crippen LogP contribution is -2.50. The van der Waals surface area contributed by atoms with Gasteiger partial charge in [0.15, 0.2) is 0 Å². The van der Waals surface area contributed by atoms with E-state index >= 15 is 0 Å². The van der Waals surface area contributed by atoms with Crippen LogP contribution < -0.4 is 0 Å². The molecule has 0 bridgehead atoms. The summed E-state index contributed by atoms with van der Waals surface area (Å²) in [5, 5.41) is -0.294. The summed E-state index contributed by atoms with van der Waals surface area (Å²) in [6.07, 6.45) is 4.95. The number of ether oxygens (including phenoxy) is 2. The molecule has 0 N–H and O–H groups in total. The molecular weight excluding hydrogens is 414 g/mol. The number of benzene rings is 1. The zero-order chi connectivity index (χ0) is 22.6. The fourth-order valence-corrected chi connectivity index (χ4v) is 4.59. The van der Waals surface area contributed by atoms with Gasteiger partial charge in [0.25, 0.3) is 0 Å². The van der Waals surface area contributed by atoms with Gasteiger partial charge in [0.05, 0.1) is 12.6 Å². The van der Waals surface area contributed by atoms with Crippen molar-refractivity contribution in [1.29, 1.82) is 0 Å². The number of hydrogen-bond acceptors (Lipinski definition) is 7. The molecule has 2 atom stereocenters. The maximum atomic E-state index is 13.0. The van der Waals surface area contributed by atoms with E-state index in [1.165, 1.54) is 18.1 Å². The number of thioether (sulfide) groups is 1. The van der Waals surface area contributed by atoms with Crippen LogP contribution in [0.4, 0.5) is 4.79 Å². The molecule has 1 aromatic carbocycles. The second-order valence-electron chi connectivity index (χ2n) is 8.93. The number of nitrogens with zero attached hydrogens (tertiary/aromatic N) is 3. The van der Waals surface area contributed by atoms with E-state index in [1.54, 1.807) is 29.4 Å². The van der Waals surface area contributed by atoms with Crippen molar-refractivity contribution in [2.45, 2.75) is 63.7 Å². The van der Waals surface area contributed by atoms with Crippen molar-refractivity contribution >= 4 is 23.0 Å². The minimum Gasteiger partial charge on any atom is -0.444 e. The molecule has 0 spiro atoms. The lowest BCUT2D eigenvalue weighted by atomic mass is 10.1. The topological polar surface area (TPSA) is 81.6 Å². The smallest absolute Gasteiger partial charge is 0.412 e. The minimum absolute atomic E-state index is 0.0450. The van der Waals surface area contributed by atoms with E-state index in [0.29, 0.717) is 18.6 Å². The molecule has 1 saturated heterocycles. The zero-order valence-electron chi connectivity index (χ0n) is 18.6. The Balaban J connectivity index is 1.84. The molecule has 1 aromatic heterocycles. The quantitative estimate of drug-likeness (QED) is 0.653. The van der Waals surface area contributed by atoms with Crippen molar-refractivity contribution in [3.63, 3.8) is 0 Å². The van der Waals surface area contributed by atoms with Gasteiger partial charge >= 0.3 is 6.09 Å². The summed E-state index contributed by atoms with van der Waals surface area (Å²) in [4.78, 5) is 35.8. The Bertz CT molecular complexity index is 900. The van der Waals surface area contributed by atoms with Gasteiger partial charge in [-0.1, -0.05) is 42.1 Å². The Labute approximate surface area is 187 Å². The summed E-state index contributed by atoms with van der Waals surface area (Å²) in [6.45, 7) is 9.56. The number of amides is 1.